The quantitative estimate of drug-likeness (QED) is 0.379. The van der Waals surface area contributed by atoms with E-state index in [1.54, 1.807) is 41.2 Å². The Morgan fingerprint density at radius 1 is 1.00 bits per heavy atom. The van der Waals surface area contributed by atoms with Gasteiger partial charge in [-0.3, -0.25) is 19.0 Å². The summed E-state index contributed by atoms with van der Waals surface area (Å²) in [6, 6.07) is 13.1. The summed E-state index contributed by atoms with van der Waals surface area (Å²) < 4.78 is 9.56. The van der Waals surface area contributed by atoms with Gasteiger partial charge in [-0.1, -0.05) is 11.6 Å². The van der Waals surface area contributed by atoms with Crippen molar-refractivity contribution in [2.45, 2.75) is 19.4 Å². The SMILES string of the molecule is O=c1c2cc(-c3ccc(Cl)cn3)oc2ccn1-c1ccc2c(cnn2CCN2CCCC2)c1. The second-order valence-electron chi connectivity index (χ2n) is 8.40. The number of furan rings is 1. The topological polar surface area (TPSA) is 69.1 Å². The highest BCUT2D eigenvalue weighted by molar-refractivity contribution is 6.30. The van der Waals surface area contributed by atoms with E-state index in [0.717, 1.165) is 29.7 Å². The minimum absolute atomic E-state index is 0.141. The maximum Gasteiger partial charge on any atom is 0.266 e. The van der Waals surface area contributed by atoms with Gasteiger partial charge in [-0.05, 0) is 68.4 Å². The number of benzene rings is 1. The molecule has 0 bridgehead atoms. The average Bonchev–Trinajstić information content (AvgIpc) is 3.58. The first-order chi connectivity index (χ1) is 16.2. The van der Waals surface area contributed by atoms with Gasteiger partial charge >= 0.3 is 0 Å². The maximum absolute atomic E-state index is 13.3. The predicted molar refractivity (Wildman–Crippen MR) is 129 cm³/mol. The van der Waals surface area contributed by atoms with E-state index in [9.17, 15) is 4.79 Å². The highest BCUT2D eigenvalue weighted by Crippen LogP contribution is 2.26. The van der Waals surface area contributed by atoms with E-state index in [1.165, 1.54) is 25.9 Å². The summed E-state index contributed by atoms with van der Waals surface area (Å²) in [5, 5.41) is 6.64. The first kappa shape index (κ1) is 20.2. The third-order valence-corrected chi connectivity index (χ3v) is 6.52. The summed E-state index contributed by atoms with van der Waals surface area (Å²) in [5.74, 6) is 0.534. The Bertz CT molecular complexity index is 1510. The van der Waals surface area contributed by atoms with Crippen molar-refractivity contribution in [3.63, 3.8) is 0 Å². The number of fused-ring (bicyclic) bond motifs is 2. The summed E-state index contributed by atoms with van der Waals surface area (Å²) >= 11 is 5.93. The van der Waals surface area contributed by atoms with Crippen molar-refractivity contribution in [2.24, 2.45) is 0 Å². The van der Waals surface area contributed by atoms with Crippen molar-refractivity contribution in [3.8, 4) is 17.1 Å². The van der Waals surface area contributed by atoms with Gasteiger partial charge in [-0.25, -0.2) is 0 Å². The summed E-state index contributed by atoms with van der Waals surface area (Å²) in [5.41, 5.74) is 2.88. The van der Waals surface area contributed by atoms with Gasteiger partial charge in [0.25, 0.3) is 5.56 Å². The Balaban J connectivity index is 1.32. The molecule has 0 radical (unpaired) electrons. The van der Waals surface area contributed by atoms with E-state index in [2.05, 4.69) is 15.0 Å². The van der Waals surface area contributed by atoms with Crippen LogP contribution in [0, 0.1) is 0 Å². The van der Waals surface area contributed by atoms with Crippen molar-refractivity contribution >= 4 is 33.5 Å². The predicted octanol–water partition coefficient (Wildman–Crippen LogP) is 4.74. The monoisotopic (exact) mass is 459 g/mol. The molecule has 7 nitrogen and oxygen atoms in total. The molecular weight excluding hydrogens is 438 g/mol. The molecule has 0 saturated carbocycles. The summed E-state index contributed by atoms with van der Waals surface area (Å²) in [7, 11) is 0. The lowest BCUT2D eigenvalue weighted by Gasteiger charge is -2.14. The van der Waals surface area contributed by atoms with Crippen LogP contribution in [-0.2, 0) is 6.54 Å². The van der Waals surface area contributed by atoms with Gasteiger partial charge in [-0.15, -0.1) is 0 Å². The van der Waals surface area contributed by atoms with Gasteiger partial charge in [0.15, 0.2) is 5.76 Å². The highest BCUT2D eigenvalue weighted by Gasteiger charge is 2.15. The van der Waals surface area contributed by atoms with Crippen LogP contribution < -0.4 is 5.56 Å². The van der Waals surface area contributed by atoms with Crippen LogP contribution in [0.15, 0.2) is 70.3 Å². The van der Waals surface area contributed by atoms with Crippen molar-refractivity contribution in [2.75, 3.05) is 19.6 Å². The third kappa shape index (κ3) is 3.73. The highest BCUT2D eigenvalue weighted by atomic mass is 35.5. The van der Waals surface area contributed by atoms with E-state index in [-0.39, 0.29) is 5.56 Å². The molecule has 8 heteroatoms. The number of likely N-dealkylation sites (tertiary alicyclic amines) is 1. The largest absolute Gasteiger partial charge is 0.454 e. The van der Waals surface area contributed by atoms with Gasteiger partial charge < -0.3 is 9.32 Å². The first-order valence-corrected chi connectivity index (χ1v) is 11.5. The maximum atomic E-state index is 13.3. The minimum Gasteiger partial charge on any atom is -0.454 e. The third-order valence-electron chi connectivity index (χ3n) is 6.30. The number of rotatable bonds is 5. The molecule has 4 aromatic heterocycles. The number of hydrogen-bond acceptors (Lipinski definition) is 5. The van der Waals surface area contributed by atoms with Crippen molar-refractivity contribution in [1.29, 1.82) is 0 Å². The molecule has 1 aromatic carbocycles. The molecule has 1 aliphatic rings. The van der Waals surface area contributed by atoms with E-state index >= 15 is 0 Å². The Hall–Kier alpha value is -3.42. The fourth-order valence-corrected chi connectivity index (χ4v) is 4.64. The molecule has 33 heavy (non-hydrogen) atoms. The first-order valence-electron chi connectivity index (χ1n) is 11.1. The normalized spacial score (nSPS) is 14.6. The van der Waals surface area contributed by atoms with Crippen molar-refractivity contribution < 1.29 is 4.42 Å². The van der Waals surface area contributed by atoms with Crippen LogP contribution in [-0.4, -0.2) is 43.9 Å². The van der Waals surface area contributed by atoms with Crippen LogP contribution in [0.1, 0.15) is 12.8 Å². The molecule has 5 aromatic rings. The average molecular weight is 460 g/mol. The molecule has 1 saturated heterocycles. The number of halogens is 1. The number of nitrogens with zero attached hydrogens (tertiary/aromatic N) is 5. The van der Waals surface area contributed by atoms with E-state index < -0.39 is 0 Å². The number of hydrogen-bond donors (Lipinski definition) is 0. The molecule has 5 heterocycles. The smallest absolute Gasteiger partial charge is 0.266 e. The Kier molecular flexibility index (Phi) is 5.00. The molecule has 0 amide bonds. The van der Waals surface area contributed by atoms with E-state index in [1.807, 2.05) is 29.1 Å². The summed E-state index contributed by atoms with van der Waals surface area (Å²) in [6.07, 6.45) is 7.75. The standard InChI is InChI=1S/C25H22ClN5O2/c26-18-3-5-21(27-16-18)24-14-20-23(33-24)7-10-30(25(20)32)19-4-6-22-17(13-19)15-28-31(22)12-11-29-8-1-2-9-29/h3-7,10,13-16H,1-2,8-9,11-12H2. The molecule has 1 aliphatic heterocycles. The van der Waals surface area contributed by atoms with Crippen LogP contribution in [0.5, 0.6) is 0 Å². The van der Waals surface area contributed by atoms with E-state index in [4.69, 9.17) is 16.0 Å². The number of aromatic nitrogens is 4. The lowest BCUT2D eigenvalue weighted by Crippen LogP contribution is -2.24. The fourth-order valence-electron chi connectivity index (χ4n) is 4.53. The molecular formula is C25H22ClN5O2. The zero-order chi connectivity index (χ0) is 22.4. The zero-order valence-corrected chi connectivity index (χ0v) is 18.7. The van der Waals surface area contributed by atoms with E-state index in [0.29, 0.717) is 27.4 Å². The van der Waals surface area contributed by atoms with Crippen LogP contribution in [0.4, 0.5) is 0 Å². The Morgan fingerprint density at radius 2 is 1.88 bits per heavy atom. The molecule has 0 spiro atoms. The Labute approximate surface area is 194 Å². The second kappa shape index (κ2) is 8.17. The van der Waals surface area contributed by atoms with Crippen LogP contribution in [0.2, 0.25) is 5.02 Å². The minimum atomic E-state index is -0.141. The summed E-state index contributed by atoms with van der Waals surface area (Å²) in [6.45, 7) is 4.24. The zero-order valence-electron chi connectivity index (χ0n) is 17.9. The van der Waals surface area contributed by atoms with Crippen molar-refractivity contribution in [1.82, 2.24) is 24.2 Å². The van der Waals surface area contributed by atoms with Gasteiger partial charge in [0.05, 0.1) is 28.7 Å². The molecule has 6 rings (SSSR count). The van der Waals surface area contributed by atoms with Crippen molar-refractivity contribution in [3.05, 3.63) is 76.4 Å². The second-order valence-corrected chi connectivity index (χ2v) is 8.84. The Morgan fingerprint density at radius 3 is 2.70 bits per heavy atom. The molecule has 166 valence electrons. The molecule has 1 fully saturated rings. The van der Waals surface area contributed by atoms with Gasteiger partial charge in [0.1, 0.15) is 11.3 Å². The summed E-state index contributed by atoms with van der Waals surface area (Å²) in [4.78, 5) is 20.0. The van der Waals surface area contributed by atoms with Gasteiger partial charge in [0.2, 0.25) is 0 Å². The van der Waals surface area contributed by atoms with Crippen LogP contribution in [0.3, 0.4) is 0 Å². The lowest BCUT2D eigenvalue weighted by atomic mass is 10.2. The van der Waals surface area contributed by atoms with Gasteiger partial charge in [0, 0.05) is 30.0 Å². The van der Waals surface area contributed by atoms with Crippen LogP contribution in [0.25, 0.3) is 39.0 Å². The molecule has 0 aliphatic carbocycles. The van der Waals surface area contributed by atoms with Gasteiger partial charge in [-0.2, -0.15) is 5.10 Å². The van der Waals surface area contributed by atoms with Crippen LogP contribution >= 0.6 is 11.6 Å². The lowest BCUT2D eigenvalue weighted by molar-refractivity contribution is 0.318. The number of pyridine rings is 2. The molecule has 0 atom stereocenters. The fraction of sp³-hybridized carbons (Fsp3) is 0.240. The molecule has 0 unspecified atom stereocenters. The molecule has 0 N–H and O–H groups in total.